The van der Waals surface area contributed by atoms with Gasteiger partial charge in [-0.3, -0.25) is 4.79 Å². The minimum atomic E-state index is 0.185. The summed E-state index contributed by atoms with van der Waals surface area (Å²) < 4.78 is 2.32. The molecule has 0 aromatic carbocycles. The molecule has 0 aliphatic heterocycles. The van der Waals surface area contributed by atoms with Crippen LogP contribution in [-0.2, 0) is 11.3 Å². The van der Waals surface area contributed by atoms with Gasteiger partial charge in [0.25, 0.3) is 0 Å². The van der Waals surface area contributed by atoms with Gasteiger partial charge >= 0.3 is 0 Å². The first-order valence-electron chi connectivity index (χ1n) is 9.01. The van der Waals surface area contributed by atoms with Crippen LogP contribution in [0.3, 0.4) is 0 Å². The van der Waals surface area contributed by atoms with E-state index in [1.54, 1.807) is 0 Å². The van der Waals surface area contributed by atoms with E-state index in [2.05, 4.69) is 20.1 Å². The third-order valence-electron chi connectivity index (χ3n) is 5.29. The molecular formula is C17H26N4O. The van der Waals surface area contributed by atoms with Gasteiger partial charge in [0.2, 0.25) is 5.91 Å². The smallest absolute Gasteiger partial charge is 0.220 e. The summed E-state index contributed by atoms with van der Waals surface area (Å²) in [6.07, 6.45) is 12.0. The van der Waals surface area contributed by atoms with Gasteiger partial charge in [0.05, 0.1) is 6.54 Å². The van der Waals surface area contributed by atoms with Gasteiger partial charge in [0, 0.05) is 18.4 Å². The maximum absolute atomic E-state index is 12.2. The lowest BCUT2D eigenvalue weighted by Crippen LogP contribution is -2.27. The van der Waals surface area contributed by atoms with Gasteiger partial charge in [0.15, 0.2) is 5.82 Å². The second-order valence-corrected chi connectivity index (χ2v) is 7.33. The fraction of sp³-hybridized carbons (Fsp3) is 0.824. The van der Waals surface area contributed by atoms with Crippen molar-refractivity contribution in [1.29, 1.82) is 0 Å². The van der Waals surface area contributed by atoms with Crippen LogP contribution in [0.4, 0.5) is 0 Å². The van der Waals surface area contributed by atoms with Crippen LogP contribution in [0, 0.1) is 5.92 Å². The minimum absolute atomic E-state index is 0.185. The van der Waals surface area contributed by atoms with Gasteiger partial charge in [-0.25, -0.2) is 0 Å². The highest BCUT2D eigenvalue weighted by Gasteiger charge is 2.36. The molecule has 1 aromatic heterocycles. The van der Waals surface area contributed by atoms with Crippen molar-refractivity contribution < 1.29 is 4.79 Å². The van der Waals surface area contributed by atoms with Crippen LogP contribution in [0.15, 0.2) is 0 Å². The zero-order valence-electron chi connectivity index (χ0n) is 13.3. The zero-order chi connectivity index (χ0) is 14.9. The molecule has 1 N–H and O–H groups in total. The molecule has 0 atom stereocenters. The number of nitrogens with one attached hydrogen (secondary N) is 1. The molecule has 0 saturated heterocycles. The molecule has 5 nitrogen and oxygen atoms in total. The van der Waals surface area contributed by atoms with Gasteiger partial charge < -0.3 is 9.88 Å². The SMILES string of the molecule is O=C(CC1CCCCC1)NCc1nnc(C2CC2)n1C1CC1. The fourth-order valence-corrected chi connectivity index (χ4v) is 3.71. The van der Waals surface area contributed by atoms with Crippen molar-refractivity contribution in [3.63, 3.8) is 0 Å². The number of aromatic nitrogens is 3. The van der Waals surface area contributed by atoms with Crippen LogP contribution in [-0.4, -0.2) is 20.7 Å². The van der Waals surface area contributed by atoms with E-state index in [-0.39, 0.29) is 5.91 Å². The van der Waals surface area contributed by atoms with Crippen molar-refractivity contribution in [1.82, 2.24) is 20.1 Å². The Kier molecular flexibility index (Phi) is 3.89. The molecule has 5 heteroatoms. The van der Waals surface area contributed by atoms with Crippen LogP contribution >= 0.6 is 0 Å². The van der Waals surface area contributed by atoms with Gasteiger partial charge in [0.1, 0.15) is 5.82 Å². The lowest BCUT2D eigenvalue weighted by atomic mass is 9.87. The number of rotatable bonds is 6. The number of carbonyl (C=O) groups is 1. The van der Waals surface area contributed by atoms with Crippen LogP contribution in [0.5, 0.6) is 0 Å². The number of amides is 1. The van der Waals surface area contributed by atoms with Crippen molar-refractivity contribution in [2.45, 2.75) is 82.7 Å². The third-order valence-corrected chi connectivity index (χ3v) is 5.29. The molecular weight excluding hydrogens is 276 g/mol. The van der Waals surface area contributed by atoms with E-state index in [0.29, 0.717) is 30.8 Å². The van der Waals surface area contributed by atoms with Gasteiger partial charge in [-0.2, -0.15) is 0 Å². The highest BCUT2D eigenvalue weighted by atomic mass is 16.1. The highest BCUT2D eigenvalue weighted by molar-refractivity contribution is 5.76. The highest BCUT2D eigenvalue weighted by Crippen LogP contribution is 2.44. The quantitative estimate of drug-likeness (QED) is 0.878. The van der Waals surface area contributed by atoms with E-state index < -0.39 is 0 Å². The topological polar surface area (TPSA) is 59.8 Å². The summed E-state index contributed by atoms with van der Waals surface area (Å²) in [5.74, 6) is 3.53. The molecule has 3 aliphatic rings. The van der Waals surface area contributed by atoms with E-state index in [4.69, 9.17) is 0 Å². The maximum Gasteiger partial charge on any atom is 0.220 e. The second kappa shape index (κ2) is 6.01. The van der Waals surface area contributed by atoms with Crippen LogP contribution in [0.25, 0.3) is 0 Å². The molecule has 3 aliphatic carbocycles. The maximum atomic E-state index is 12.2. The third kappa shape index (κ3) is 3.18. The molecule has 1 heterocycles. The molecule has 0 unspecified atom stereocenters. The largest absolute Gasteiger partial charge is 0.349 e. The van der Waals surface area contributed by atoms with Crippen molar-refractivity contribution in [2.24, 2.45) is 5.92 Å². The van der Waals surface area contributed by atoms with Crippen LogP contribution in [0.2, 0.25) is 0 Å². The van der Waals surface area contributed by atoms with Crippen LogP contribution < -0.4 is 5.32 Å². The van der Waals surface area contributed by atoms with Gasteiger partial charge in [-0.1, -0.05) is 19.3 Å². The average molecular weight is 302 g/mol. The standard InChI is InChI=1S/C17H26N4O/c22-16(10-12-4-2-1-3-5-12)18-11-15-19-20-17(13-6-7-13)21(15)14-8-9-14/h12-14H,1-11H2,(H,18,22). The zero-order valence-corrected chi connectivity index (χ0v) is 13.3. The molecule has 0 radical (unpaired) electrons. The monoisotopic (exact) mass is 302 g/mol. The number of nitrogens with zero attached hydrogens (tertiary/aromatic N) is 3. The molecule has 4 rings (SSSR count). The predicted molar refractivity (Wildman–Crippen MR) is 83.3 cm³/mol. The summed E-state index contributed by atoms with van der Waals surface area (Å²) in [5.41, 5.74) is 0. The van der Waals surface area contributed by atoms with Crippen molar-refractivity contribution >= 4 is 5.91 Å². The minimum Gasteiger partial charge on any atom is -0.349 e. The first-order chi connectivity index (χ1) is 10.8. The van der Waals surface area contributed by atoms with Crippen LogP contribution in [0.1, 0.15) is 87.8 Å². The number of hydrogen-bond acceptors (Lipinski definition) is 3. The van der Waals surface area contributed by atoms with Gasteiger partial charge in [-0.05, 0) is 44.4 Å². The van der Waals surface area contributed by atoms with E-state index >= 15 is 0 Å². The molecule has 0 bridgehead atoms. The summed E-state index contributed by atoms with van der Waals surface area (Å²) in [6, 6.07) is 0.593. The molecule has 0 spiro atoms. The number of hydrogen-bond donors (Lipinski definition) is 1. The molecule has 1 aromatic rings. The Bertz CT molecular complexity index is 539. The summed E-state index contributed by atoms with van der Waals surface area (Å²) in [7, 11) is 0. The Morgan fingerprint density at radius 1 is 1.05 bits per heavy atom. The fourth-order valence-electron chi connectivity index (χ4n) is 3.71. The summed E-state index contributed by atoms with van der Waals surface area (Å²) >= 11 is 0. The Labute approximate surface area is 131 Å². The normalized spacial score (nSPS) is 22.7. The first-order valence-corrected chi connectivity index (χ1v) is 9.01. The average Bonchev–Trinajstić information content (AvgIpc) is 3.45. The van der Waals surface area contributed by atoms with E-state index in [1.807, 2.05) is 0 Å². The number of carbonyl (C=O) groups excluding carboxylic acids is 1. The lowest BCUT2D eigenvalue weighted by Gasteiger charge is -2.20. The summed E-state index contributed by atoms with van der Waals surface area (Å²) in [6.45, 7) is 0.543. The predicted octanol–water partition coefficient (Wildman–Crippen LogP) is 3.08. The molecule has 1 amide bonds. The lowest BCUT2D eigenvalue weighted by molar-refractivity contribution is -0.122. The first kappa shape index (κ1) is 14.2. The van der Waals surface area contributed by atoms with Crippen molar-refractivity contribution in [2.75, 3.05) is 0 Å². The Balaban J connectivity index is 1.34. The molecule has 3 fully saturated rings. The van der Waals surface area contributed by atoms with Gasteiger partial charge in [-0.15, -0.1) is 10.2 Å². The van der Waals surface area contributed by atoms with Crippen molar-refractivity contribution in [3.05, 3.63) is 11.6 Å². The molecule has 22 heavy (non-hydrogen) atoms. The Morgan fingerprint density at radius 3 is 2.50 bits per heavy atom. The summed E-state index contributed by atoms with van der Waals surface area (Å²) in [5, 5.41) is 11.8. The Morgan fingerprint density at radius 2 is 1.82 bits per heavy atom. The Hall–Kier alpha value is -1.39. The van der Waals surface area contributed by atoms with E-state index in [9.17, 15) is 4.79 Å². The summed E-state index contributed by atoms with van der Waals surface area (Å²) in [4.78, 5) is 12.2. The molecule has 120 valence electrons. The van der Waals surface area contributed by atoms with E-state index in [1.165, 1.54) is 63.6 Å². The van der Waals surface area contributed by atoms with Crippen molar-refractivity contribution in [3.8, 4) is 0 Å². The molecule has 3 saturated carbocycles. The van der Waals surface area contributed by atoms with E-state index in [0.717, 1.165) is 5.82 Å². The second-order valence-electron chi connectivity index (χ2n) is 7.33.